The Labute approximate surface area is 87.1 Å². The van der Waals surface area contributed by atoms with Crippen LogP contribution in [0.1, 0.15) is 40.0 Å². The summed E-state index contributed by atoms with van der Waals surface area (Å²) in [4.78, 5) is 0. The first-order valence-corrected chi connectivity index (χ1v) is 6.64. The van der Waals surface area contributed by atoms with Crippen LogP contribution in [0.15, 0.2) is 0 Å². The highest BCUT2D eigenvalue weighted by molar-refractivity contribution is 8.00. The average Bonchev–Trinajstić information content (AvgIpc) is 2.86. The molecule has 1 rings (SSSR count). The van der Waals surface area contributed by atoms with Gasteiger partial charge in [0.25, 0.3) is 0 Å². The van der Waals surface area contributed by atoms with E-state index in [1.165, 1.54) is 25.8 Å². The zero-order valence-corrected chi connectivity index (χ0v) is 10.2. The highest BCUT2D eigenvalue weighted by Gasteiger charge is 2.41. The highest BCUT2D eigenvalue weighted by atomic mass is 32.2. The molecule has 1 atom stereocenters. The molecule has 1 fully saturated rings. The summed E-state index contributed by atoms with van der Waals surface area (Å²) >= 11 is 2.04. The van der Waals surface area contributed by atoms with Crippen LogP contribution < -0.4 is 5.32 Å². The molecule has 0 bridgehead atoms. The molecule has 1 nitrogen and oxygen atoms in total. The Hall–Kier alpha value is 0.310. The summed E-state index contributed by atoms with van der Waals surface area (Å²) in [6.45, 7) is 8.10. The second-order valence-electron chi connectivity index (χ2n) is 4.53. The van der Waals surface area contributed by atoms with Gasteiger partial charge in [0.2, 0.25) is 0 Å². The largest absolute Gasteiger partial charge is 0.312 e. The van der Waals surface area contributed by atoms with E-state index in [4.69, 9.17) is 0 Å². The molecule has 1 N–H and O–H groups in total. The lowest BCUT2D eigenvalue weighted by Gasteiger charge is -2.23. The van der Waals surface area contributed by atoms with Crippen molar-refractivity contribution in [3.8, 4) is 0 Å². The van der Waals surface area contributed by atoms with Gasteiger partial charge in [-0.1, -0.05) is 20.8 Å². The van der Waals surface area contributed by atoms with E-state index in [0.717, 1.165) is 5.92 Å². The van der Waals surface area contributed by atoms with Crippen LogP contribution in [0.4, 0.5) is 0 Å². The zero-order valence-electron chi connectivity index (χ0n) is 9.39. The van der Waals surface area contributed by atoms with Crippen LogP contribution in [0.25, 0.3) is 0 Å². The molecule has 0 radical (unpaired) electrons. The van der Waals surface area contributed by atoms with Gasteiger partial charge in [0.1, 0.15) is 0 Å². The molecule has 0 aliphatic heterocycles. The van der Waals surface area contributed by atoms with Crippen molar-refractivity contribution in [1.29, 1.82) is 0 Å². The quantitative estimate of drug-likeness (QED) is 0.709. The molecule has 78 valence electrons. The van der Waals surface area contributed by atoms with E-state index in [-0.39, 0.29) is 0 Å². The monoisotopic (exact) mass is 201 g/mol. The van der Waals surface area contributed by atoms with Crippen molar-refractivity contribution in [3.63, 3.8) is 0 Å². The predicted octanol–water partition coefficient (Wildman–Crippen LogP) is 2.91. The standard InChI is InChI=1S/C11H23NS/c1-5-10(9(2)3)12-8-11(13-4)6-7-11/h9-10,12H,5-8H2,1-4H3. The topological polar surface area (TPSA) is 12.0 Å². The van der Waals surface area contributed by atoms with E-state index in [9.17, 15) is 0 Å². The first-order chi connectivity index (χ1) is 6.13. The second-order valence-corrected chi connectivity index (χ2v) is 5.80. The summed E-state index contributed by atoms with van der Waals surface area (Å²) in [7, 11) is 0. The third-order valence-corrected chi connectivity index (χ3v) is 4.59. The number of thioether (sulfide) groups is 1. The summed E-state index contributed by atoms with van der Waals surface area (Å²) in [6.07, 6.45) is 6.32. The maximum atomic E-state index is 3.70. The third kappa shape index (κ3) is 3.17. The number of nitrogens with one attached hydrogen (secondary N) is 1. The summed E-state index contributed by atoms with van der Waals surface area (Å²) in [5.41, 5.74) is 0. The van der Waals surface area contributed by atoms with Gasteiger partial charge in [-0.15, -0.1) is 0 Å². The Balaban J connectivity index is 2.23. The fourth-order valence-electron chi connectivity index (χ4n) is 1.76. The third-order valence-electron chi connectivity index (χ3n) is 3.17. The summed E-state index contributed by atoms with van der Waals surface area (Å²) in [5.74, 6) is 0.766. The van der Waals surface area contributed by atoms with Gasteiger partial charge >= 0.3 is 0 Å². The minimum absolute atomic E-state index is 0.613. The van der Waals surface area contributed by atoms with Crippen molar-refractivity contribution in [1.82, 2.24) is 5.32 Å². The minimum Gasteiger partial charge on any atom is -0.312 e. The molecule has 1 unspecified atom stereocenters. The Morgan fingerprint density at radius 3 is 2.31 bits per heavy atom. The maximum absolute atomic E-state index is 3.70. The Bertz CT molecular complexity index is 152. The Morgan fingerprint density at radius 1 is 1.38 bits per heavy atom. The molecule has 0 aromatic carbocycles. The van der Waals surface area contributed by atoms with Crippen molar-refractivity contribution in [2.24, 2.45) is 5.92 Å². The van der Waals surface area contributed by atoms with E-state index in [0.29, 0.717) is 10.8 Å². The van der Waals surface area contributed by atoms with Crippen LogP contribution in [-0.2, 0) is 0 Å². The van der Waals surface area contributed by atoms with Crippen LogP contribution in [0.3, 0.4) is 0 Å². The van der Waals surface area contributed by atoms with Gasteiger partial charge in [0.15, 0.2) is 0 Å². The molecule has 2 heteroatoms. The van der Waals surface area contributed by atoms with Crippen LogP contribution in [0.5, 0.6) is 0 Å². The normalized spacial score (nSPS) is 21.9. The lowest BCUT2D eigenvalue weighted by molar-refractivity contribution is 0.387. The van der Waals surface area contributed by atoms with E-state index in [2.05, 4.69) is 32.3 Å². The average molecular weight is 201 g/mol. The van der Waals surface area contributed by atoms with Crippen LogP contribution in [-0.4, -0.2) is 23.6 Å². The van der Waals surface area contributed by atoms with E-state index in [1.807, 2.05) is 11.8 Å². The smallest absolute Gasteiger partial charge is 0.0282 e. The number of hydrogen-bond acceptors (Lipinski definition) is 2. The maximum Gasteiger partial charge on any atom is 0.0282 e. The van der Waals surface area contributed by atoms with Gasteiger partial charge in [-0.05, 0) is 31.4 Å². The van der Waals surface area contributed by atoms with Crippen molar-refractivity contribution in [2.45, 2.75) is 50.8 Å². The Kier molecular flexibility index (Phi) is 4.11. The molecule has 1 aliphatic rings. The molecular formula is C11H23NS. The van der Waals surface area contributed by atoms with E-state index < -0.39 is 0 Å². The molecule has 0 heterocycles. The van der Waals surface area contributed by atoms with Crippen LogP contribution >= 0.6 is 11.8 Å². The number of rotatable bonds is 6. The first-order valence-electron chi connectivity index (χ1n) is 5.42. The molecule has 13 heavy (non-hydrogen) atoms. The van der Waals surface area contributed by atoms with Gasteiger partial charge in [-0.25, -0.2) is 0 Å². The van der Waals surface area contributed by atoms with Crippen molar-refractivity contribution in [3.05, 3.63) is 0 Å². The van der Waals surface area contributed by atoms with Crippen LogP contribution in [0.2, 0.25) is 0 Å². The van der Waals surface area contributed by atoms with E-state index in [1.54, 1.807) is 0 Å². The first kappa shape index (κ1) is 11.4. The summed E-state index contributed by atoms with van der Waals surface area (Å²) in [6, 6.07) is 0.713. The van der Waals surface area contributed by atoms with Crippen LogP contribution in [0, 0.1) is 5.92 Å². The molecule has 0 aromatic heterocycles. The number of hydrogen-bond donors (Lipinski definition) is 1. The Morgan fingerprint density at radius 2 is 2.00 bits per heavy atom. The lowest BCUT2D eigenvalue weighted by Crippen LogP contribution is -2.38. The summed E-state index contributed by atoms with van der Waals surface area (Å²) in [5, 5.41) is 3.70. The molecule has 0 aromatic rings. The predicted molar refractivity (Wildman–Crippen MR) is 62.4 cm³/mol. The fraction of sp³-hybridized carbons (Fsp3) is 1.00. The summed E-state index contributed by atoms with van der Waals surface area (Å²) < 4.78 is 0.613. The van der Waals surface area contributed by atoms with Gasteiger partial charge in [-0.3, -0.25) is 0 Å². The molecule has 0 saturated heterocycles. The van der Waals surface area contributed by atoms with Gasteiger partial charge in [-0.2, -0.15) is 11.8 Å². The van der Waals surface area contributed by atoms with Gasteiger partial charge in [0.05, 0.1) is 0 Å². The van der Waals surface area contributed by atoms with E-state index >= 15 is 0 Å². The fourth-order valence-corrected chi connectivity index (χ4v) is 2.50. The minimum atomic E-state index is 0.613. The molecule has 0 amide bonds. The van der Waals surface area contributed by atoms with Gasteiger partial charge < -0.3 is 5.32 Å². The molecule has 1 aliphatic carbocycles. The van der Waals surface area contributed by atoms with Crippen molar-refractivity contribution >= 4 is 11.8 Å². The van der Waals surface area contributed by atoms with Crippen molar-refractivity contribution in [2.75, 3.05) is 12.8 Å². The van der Waals surface area contributed by atoms with Crippen molar-refractivity contribution < 1.29 is 0 Å². The highest BCUT2D eigenvalue weighted by Crippen LogP contribution is 2.46. The second kappa shape index (κ2) is 4.70. The molecular weight excluding hydrogens is 178 g/mol. The molecule has 1 saturated carbocycles. The van der Waals surface area contributed by atoms with Gasteiger partial charge in [0, 0.05) is 17.3 Å². The SMILES string of the molecule is CCC(NCC1(SC)CC1)C(C)C. The zero-order chi connectivity index (χ0) is 9.90. The lowest BCUT2D eigenvalue weighted by atomic mass is 10.0. The molecule has 0 spiro atoms.